The lowest BCUT2D eigenvalue weighted by Gasteiger charge is -2.12. The van der Waals surface area contributed by atoms with Gasteiger partial charge in [-0.05, 0) is 72.8 Å². The number of ether oxygens (including phenoxy) is 2. The Morgan fingerprint density at radius 3 is 2.47 bits per heavy atom. The van der Waals surface area contributed by atoms with Crippen molar-refractivity contribution in [2.45, 2.75) is 13.5 Å². The molecule has 7 nitrogen and oxygen atoms in total. The minimum atomic E-state index is -0.403. The average molecular weight is 566 g/mol. The van der Waals surface area contributed by atoms with Gasteiger partial charge in [0.05, 0.1) is 44.4 Å². The molecule has 1 heterocycles. The van der Waals surface area contributed by atoms with Gasteiger partial charge in [-0.25, -0.2) is 9.79 Å². The Hall–Kier alpha value is -3.77. The molecule has 3 aromatic rings. The molecule has 1 amide bonds. The van der Waals surface area contributed by atoms with Crippen molar-refractivity contribution < 1.29 is 19.1 Å². The van der Waals surface area contributed by atoms with Gasteiger partial charge in [0.2, 0.25) is 0 Å². The molecular weight excluding hydrogens is 545 g/mol. The highest BCUT2D eigenvalue weighted by Gasteiger charge is 2.30. The van der Waals surface area contributed by atoms with E-state index in [0.29, 0.717) is 50.4 Å². The van der Waals surface area contributed by atoms with Crippen molar-refractivity contribution in [2.75, 3.05) is 13.7 Å². The van der Waals surface area contributed by atoms with Crippen molar-refractivity contribution in [1.82, 2.24) is 4.90 Å². The van der Waals surface area contributed by atoms with Gasteiger partial charge in [0.15, 0.2) is 10.9 Å². The molecule has 3 aromatic carbocycles. The lowest BCUT2D eigenvalue weighted by atomic mass is 10.1. The van der Waals surface area contributed by atoms with Crippen LogP contribution in [0.15, 0.2) is 70.6 Å². The molecule has 1 saturated heterocycles. The van der Waals surface area contributed by atoms with Gasteiger partial charge in [-0.2, -0.15) is 5.26 Å². The summed E-state index contributed by atoms with van der Waals surface area (Å²) in [6.07, 6.45) is 1.68. The number of aliphatic imine (C=N–C) groups is 1. The Labute approximate surface area is 234 Å². The molecule has 38 heavy (non-hydrogen) atoms. The van der Waals surface area contributed by atoms with E-state index in [0.717, 1.165) is 0 Å². The van der Waals surface area contributed by atoms with Crippen molar-refractivity contribution >= 4 is 63.8 Å². The van der Waals surface area contributed by atoms with Crippen molar-refractivity contribution in [3.8, 4) is 11.8 Å². The number of carbonyl (C=O) groups is 2. The quantitative estimate of drug-likeness (QED) is 0.229. The van der Waals surface area contributed by atoms with Crippen molar-refractivity contribution in [3.05, 3.63) is 97.9 Å². The summed E-state index contributed by atoms with van der Waals surface area (Å²) < 4.78 is 10.8. The van der Waals surface area contributed by atoms with Crippen LogP contribution in [0.4, 0.5) is 5.69 Å². The molecule has 10 heteroatoms. The number of thioether (sulfide) groups is 1. The Bertz CT molecular complexity index is 1470. The molecule has 0 atom stereocenters. The van der Waals surface area contributed by atoms with Crippen LogP contribution in [-0.4, -0.2) is 35.6 Å². The summed E-state index contributed by atoms with van der Waals surface area (Å²) in [5.74, 6) is -0.336. The van der Waals surface area contributed by atoms with E-state index in [4.69, 9.17) is 32.7 Å². The van der Waals surface area contributed by atoms with Gasteiger partial charge in [0.1, 0.15) is 6.61 Å². The lowest BCUT2D eigenvalue weighted by molar-refractivity contribution is -0.121. The summed E-state index contributed by atoms with van der Waals surface area (Å²) in [5, 5.41) is 10.3. The van der Waals surface area contributed by atoms with E-state index >= 15 is 0 Å². The SMILES string of the molecule is CCOC(=O)c1ccc(N=C2SC(=Cc3cc(Cl)c(OCc4ccccc4C#N)c(Cl)c3)C(=O)N2C)cc1. The van der Waals surface area contributed by atoms with Crippen LogP contribution in [0, 0.1) is 11.3 Å². The standard InChI is InChI=1S/C28H21Cl2N3O4S/c1-3-36-27(35)18-8-10-21(11-9-18)32-28-33(2)26(34)24(38-28)14-17-12-22(29)25(23(30)13-17)37-16-20-7-5-4-6-19(20)15-31/h4-14H,3,16H2,1-2H3. The summed E-state index contributed by atoms with van der Waals surface area (Å²) in [4.78, 5) is 31.1. The maximum absolute atomic E-state index is 12.9. The zero-order chi connectivity index (χ0) is 27.2. The third-order valence-electron chi connectivity index (χ3n) is 5.43. The number of amidine groups is 1. The number of halogens is 2. The summed E-state index contributed by atoms with van der Waals surface area (Å²) in [6, 6.07) is 19.2. The number of likely N-dealkylation sites (N-methyl/N-ethyl adjacent to an activating group) is 1. The molecular formula is C28H21Cl2N3O4S. The average Bonchev–Trinajstić information content (AvgIpc) is 3.16. The van der Waals surface area contributed by atoms with Gasteiger partial charge in [-0.3, -0.25) is 9.69 Å². The van der Waals surface area contributed by atoms with Crippen LogP contribution < -0.4 is 4.74 Å². The molecule has 1 fully saturated rings. The zero-order valence-electron chi connectivity index (χ0n) is 20.4. The van der Waals surface area contributed by atoms with Gasteiger partial charge in [-0.15, -0.1) is 0 Å². The molecule has 0 saturated carbocycles. The summed E-state index contributed by atoms with van der Waals surface area (Å²) in [7, 11) is 1.64. The molecule has 192 valence electrons. The molecule has 0 N–H and O–H groups in total. The second kappa shape index (κ2) is 12.2. The lowest BCUT2D eigenvalue weighted by Crippen LogP contribution is -2.23. The topological polar surface area (TPSA) is 92.0 Å². The predicted molar refractivity (Wildman–Crippen MR) is 150 cm³/mol. The molecule has 0 aromatic heterocycles. The molecule has 0 bridgehead atoms. The van der Waals surface area contributed by atoms with Crippen molar-refractivity contribution in [1.29, 1.82) is 5.26 Å². The molecule has 0 spiro atoms. The minimum Gasteiger partial charge on any atom is -0.486 e. The van der Waals surface area contributed by atoms with E-state index in [-0.39, 0.29) is 22.6 Å². The third kappa shape index (κ3) is 6.20. The zero-order valence-corrected chi connectivity index (χ0v) is 22.7. The first-order valence-electron chi connectivity index (χ1n) is 11.4. The normalized spacial score (nSPS) is 15.1. The fourth-order valence-corrected chi connectivity index (χ4v) is 5.11. The smallest absolute Gasteiger partial charge is 0.338 e. The van der Waals surface area contributed by atoms with Crippen LogP contribution in [0.1, 0.15) is 34.0 Å². The van der Waals surface area contributed by atoms with E-state index in [2.05, 4.69) is 11.1 Å². The molecule has 1 aliphatic rings. The largest absolute Gasteiger partial charge is 0.486 e. The number of hydrogen-bond donors (Lipinski definition) is 0. The molecule has 0 unspecified atom stereocenters. The Morgan fingerprint density at radius 1 is 1.13 bits per heavy atom. The van der Waals surface area contributed by atoms with Crippen LogP contribution in [0.2, 0.25) is 10.0 Å². The van der Waals surface area contributed by atoms with Crippen LogP contribution >= 0.6 is 35.0 Å². The van der Waals surface area contributed by atoms with E-state index in [1.807, 2.05) is 6.07 Å². The summed E-state index contributed by atoms with van der Waals surface area (Å²) in [6.45, 7) is 2.17. The third-order valence-corrected chi connectivity index (χ3v) is 7.06. The van der Waals surface area contributed by atoms with Gasteiger partial charge >= 0.3 is 5.97 Å². The van der Waals surface area contributed by atoms with E-state index in [9.17, 15) is 14.9 Å². The molecule has 0 radical (unpaired) electrons. The van der Waals surface area contributed by atoms with E-state index < -0.39 is 5.97 Å². The summed E-state index contributed by atoms with van der Waals surface area (Å²) in [5.41, 5.74) is 2.86. The number of nitriles is 1. The Balaban J connectivity index is 1.51. The first-order valence-corrected chi connectivity index (χ1v) is 13.0. The maximum Gasteiger partial charge on any atom is 0.338 e. The van der Waals surface area contributed by atoms with Gasteiger partial charge in [-0.1, -0.05) is 41.4 Å². The Kier molecular flexibility index (Phi) is 8.74. The maximum atomic E-state index is 12.9. The summed E-state index contributed by atoms with van der Waals surface area (Å²) >= 11 is 14.1. The number of hydrogen-bond acceptors (Lipinski definition) is 7. The fourth-order valence-electron chi connectivity index (χ4n) is 3.51. The highest BCUT2D eigenvalue weighted by molar-refractivity contribution is 8.18. The fraction of sp³-hybridized carbons (Fsp3) is 0.143. The van der Waals surface area contributed by atoms with Crippen LogP contribution in [0.25, 0.3) is 6.08 Å². The Morgan fingerprint density at radius 2 is 1.82 bits per heavy atom. The molecule has 0 aliphatic carbocycles. The van der Waals surface area contributed by atoms with Crippen LogP contribution in [0.3, 0.4) is 0 Å². The first kappa shape index (κ1) is 27.3. The number of nitrogens with zero attached hydrogens (tertiary/aromatic N) is 3. The van der Waals surface area contributed by atoms with Crippen molar-refractivity contribution in [3.63, 3.8) is 0 Å². The van der Waals surface area contributed by atoms with Gasteiger partial charge in [0, 0.05) is 12.6 Å². The number of benzene rings is 3. The predicted octanol–water partition coefficient (Wildman–Crippen LogP) is 6.85. The number of rotatable bonds is 7. The molecule has 1 aliphatic heterocycles. The van der Waals surface area contributed by atoms with E-state index in [1.165, 1.54) is 16.7 Å². The molecule has 4 rings (SSSR count). The monoisotopic (exact) mass is 565 g/mol. The van der Waals surface area contributed by atoms with Crippen LogP contribution in [0.5, 0.6) is 5.75 Å². The number of amides is 1. The van der Waals surface area contributed by atoms with Gasteiger partial charge in [0.25, 0.3) is 5.91 Å². The number of carbonyl (C=O) groups excluding carboxylic acids is 2. The second-order valence-electron chi connectivity index (χ2n) is 8.01. The van der Waals surface area contributed by atoms with Gasteiger partial charge < -0.3 is 9.47 Å². The highest BCUT2D eigenvalue weighted by Crippen LogP contribution is 2.38. The first-order chi connectivity index (χ1) is 18.3. The minimum absolute atomic E-state index is 0.128. The van der Waals surface area contributed by atoms with Crippen molar-refractivity contribution in [2.24, 2.45) is 4.99 Å². The highest BCUT2D eigenvalue weighted by atomic mass is 35.5. The second-order valence-corrected chi connectivity index (χ2v) is 9.83. The van der Waals surface area contributed by atoms with Crippen LogP contribution in [-0.2, 0) is 16.1 Å². The van der Waals surface area contributed by atoms with E-state index in [1.54, 1.807) is 74.6 Å². The number of esters is 1.